The summed E-state index contributed by atoms with van der Waals surface area (Å²) in [6.45, 7) is 2.39. The molecule has 0 radical (unpaired) electrons. The molecule has 1 N–H and O–H groups in total. The van der Waals surface area contributed by atoms with Crippen molar-refractivity contribution in [3.8, 4) is 0 Å². The molecule has 1 atom stereocenters. The summed E-state index contributed by atoms with van der Waals surface area (Å²) in [5.74, 6) is 0.120. The number of aliphatic carboxylic acids is 1. The van der Waals surface area contributed by atoms with Crippen LogP contribution in [0.3, 0.4) is 0 Å². The third-order valence-electron chi connectivity index (χ3n) is 2.83. The van der Waals surface area contributed by atoms with Gasteiger partial charge in [-0.1, -0.05) is 5.16 Å². The first-order chi connectivity index (χ1) is 7.74. The number of carboxylic acid groups (broad SMARTS) is 1. The van der Waals surface area contributed by atoms with Gasteiger partial charge in [0, 0.05) is 13.0 Å². The number of carboxylic acids is 1. The molecule has 0 bridgehead atoms. The van der Waals surface area contributed by atoms with Crippen LogP contribution >= 0.6 is 0 Å². The van der Waals surface area contributed by atoms with Gasteiger partial charge in [0.2, 0.25) is 5.89 Å². The highest BCUT2D eigenvalue weighted by molar-refractivity contribution is 5.67. The second-order valence-corrected chi connectivity index (χ2v) is 4.18. The third kappa shape index (κ3) is 3.03. The van der Waals surface area contributed by atoms with E-state index in [4.69, 9.17) is 9.63 Å². The summed E-state index contributed by atoms with van der Waals surface area (Å²) < 4.78 is 4.93. The van der Waals surface area contributed by atoms with Crippen LogP contribution in [-0.2, 0) is 11.3 Å². The van der Waals surface area contributed by atoms with Gasteiger partial charge in [-0.25, -0.2) is 0 Å². The molecular weight excluding hydrogens is 210 g/mol. The Bertz CT molecular complexity index is 339. The van der Waals surface area contributed by atoms with Crippen LogP contribution in [0, 0.1) is 5.92 Å². The summed E-state index contributed by atoms with van der Waals surface area (Å²) in [7, 11) is 0. The van der Waals surface area contributed by atoms with Crippen molar-refractivity contribution in [2.45, 2.75) is 25.8 Å². The van der Waals surface area contributed by atoms with Gasteiger partial charge in [0.05, 0.1) is 6.54 Å². The van der Waals surface area contributed by atoms with Crippen LogP contribution in [0.4, 0.5) is 0 Å². The van der Waals surface area contributed by atoms with Crippen molar-refractivity contribution in [3.05, 3.63) is 12.2 Å². The highest BCUT2D eigenvalue weighted by Crippen LogP contribution is 2.20. The number of hydrogen-bond donors (Lipinski definition) is 1. The van der Waals surface area contributed by atoms with Crippen molar-refractivity contribution >= 4 is 5.97 Å². The quantitative estimate of drug-likeness (QED) is 0.814. The van der Waals surface area contributed by atoms with Crippen LogP contribution < -0.4 is 0 Å². The molecule has 1 fully saturated rings. The standard InChI is InChI=1S/C10H15N3O3/c14-10(15)4-8-2-1-3-13(5-8)6-9-11-7-12-16-9/h7-8H,1-6H2,(H,14,15). The maximum Gasteiger partial charge on any atom is 0.303 e. The lowest BCUT2D eigenvalue weighted by molar-refractivity contribution is -0.138. The highest BCUT2D eigenvalue weighted by atomic mass is 16.5. The number of aromatic nitrogens is 2. The first-order valence-electron chi connectivity index (χ1n) is 5.43. The summed E-state index contributed by atoms with van der Waals surface area (Å²) in [6.07, 6.45) is 3.66. The van der Waals surface area contributed by atoms with Gasteiger partial charge in [0.25, 0.3) is 0 Å². The lowest BCUT2D eigenvalue weighted by atomic mass is 9.95. The van der Waals surface area contributed by atoms with Crippen LogP contribution in [0.15, 0.2) is 10.9 Å². The summed E-state index contributed by atoms with van der Waals surface area (Å²) >= 11 is 0. The molecule has 1 unspecified atom stereocenters. The van der Waals surface area contributed by atoms with Crippen molar-refractivity contribution in [2.24, 2.45) is 5.92 Å². The summed E-state index contributed by atoms with van der Waals surface area (Å²) in [5.41, 5.74) is 0. The van der Waals surface area contributed by atoms with Gasteiger partial charge < -0.3 is 9.63 Å². The van der Waals surface area contributed by atoms with Crippen LogP contribution in [0.25, 0.3) is 0 Å². The second kappa shape index (κ2) is 5.07. The fourth-order valence-corrected chi connectivity index (χ4v) is 2.17. The Labute approximate surface area is 93.2 Å². The zero-order valence-corrected chi connectivity index (χ0v) is 9.00. The Morgan fingerprint density at radius 2 is 2.56 bits per heavy atom. The minimum Gasteiger partial charge on any atom is -0.481 e. The van der Waals surface area contributed by atoms with Crippen molar-refractivity contribution < 1.29 is 14.4 Å². The third-order valence-corrected chi connectivity index (χ3v) is 2.83. The first kappa shape index (κ1) is 11.1. The molecule has 1 aliphatic rings. The molecule has 0 aromatic carbocycles. The SMILES string of the molecule is O=C(O)CC1CCCN(Cc2ncno2)C1. The van der Waals surface area contributed by atoms with Gasteiger partial charge in [0.1, 0.15) is 0 Å². The molecule has 0 spiro atoms. The van der Waals surface area contributed by atoms with Gasteiger partial charge in [-0.2, -0.15) is 4.98 Å². The van der Waals surface area contributed by atoms with Crippen LogP contribution in [0.2, 0.25) is 0 Å². The molecule has 1 saturated heterocycles. The van der Waals surface area contributed by atoms with E-state index >= 15 is 0 Å². The number of hydrogen-bond acceptors (Lipinski definition) is 5. The molecular formula is C10H15N3O3. The van der Waals surface area contributed by atoms with E-state index in [0.717, 1.165) is 25.9 Å². The number of piperidine rings is 1. The van der Waals surface area contributed by atoms with E-state index < -0.39 is 5.97 Å². The van der Waals surface area contributed by atoms with E-state index in [1.165, 1.54) is 6.33 Å². The molecule has 0 amide bonds. The van der Waals surface area contributed by atoms with Gasteiger partial charge in [-0.3, -0.25) is 9.69 Å². The zero-order chi connectivity index (χ0) is 11.4. The predicted octanol–water partition coefficient (Wildman–Crippen LogP) is 0.756. The fraction of sp³-hybridized carbons (Fsp3) is 0.700. The monoisotopic (exact) mass is 225 g/mol. The van der Waals surface area contributed by atoms with E-state index in [9.17, 15) is 4.79 Å². The Kier molecular flexibility index (Phi) is 3.51. The molecule has 0 aliphatic carbocycles. The largest absolute Gasteiger partial charge is 0.481 e. The van der Waals surface area contributed by atoms with Crippen molar-refractivity contribution in [3.63, 3.8) is 0 Å². The number of rotatable bonds is 4. The van der Waals surface area contributed by atoms with E-state index in [-0.39, 0.29) is 12.3 Å². The summed E-state index contributed by atoms with van der Waals surface area (Å²) in [6, 6.07) is 0. The van der Waals surface area contributed by atoms with Crippen molar-refractivity contribution in [1.29, 1.82) is 0 Å². The maximum atomic E-state index is 10.6. The van der Waals surface area contributed by atoms with E-state index in [0.29, 0.717) is 12.4 Å². The number of nitrogens with zero attached hydrogens (tertiary/aromatic N) is 3. The average molecular weight is 225 g/mol. The number of likely N-dealkylation sites (tertiary alicyclic amines) is 1. The molecule has 1 aromatic rings. The Morgan fingerprint density at radius 3 is 3.25 bits per heavy atom. The second-order valence-electron chi connectivity index (χ2n) is 4.18. The van der Waals surface area contributed by atoms with Crippen LogP contribution in [0.1, 0.15) is 25.2 Å². The minimum absolute atomic E-state index is 0.245. The molecule has 2 rings (SSSR count). The minimum atomic E-state index is -0.718. The van der Waals surface area contributed by atoms with Crippen LogP contribution in [0.5, 0.6) is 0 Å². The van der Waals surface area contributed by atoms with Crippen molar-refractivity contribution in [2.75, 3.05) is 13.1 Å². The predicted molar refractivity (Wildman–Crippen MR) is 54.6 cm³/mol. The van der Waals surface area contributed by atoms with E-state index in [1.807, 2.05) is 0 Å². The van der Waals surface area contributed by atoms with E-state index in [2.05, 4.69) is 15.0 Å². The molecule has 88 valence electrons. The summed E-state index contributed by atoms with van der Waals surface area (Å²) in [4.78, 5) is 16.8. The fourth-order valence-electron chi connectivity index (χ4n) is 2.17. The zero-order valence-electron chi connectivity index (χ0n) is 9.00. The molecule has 1 aliphatic heterocycles. The lowest BCUT2D eigenvalue weighted by Gasteiger charge is -2.30. The summed E-state index contributed by atoms with van der Waals surface area (Å²) in [5, 5.41) is 12.3. The lowest BCUT2D eigenvalue weighted by Crippen LogP contribution is -2.35. The molecule has 2 heterocycles. The smallest absolute Gasteiger partial charge is 0.303 e. The van der Waals surface area contributed by atoms with Crippen LogP contribution in [-0.4, -0.2) is 39.2 Å². The van der Waals surface area contributed by atoms with E-state index in [1.54, 1.807) is 0 Å². The van der Waals surface area contributed by atoms with Gasteiger partial charge in [-0.05, 0) is 25.3 Å². The molecule has 0 saturated carbocycles. The Balaban J connectivity index is 1.84. The molecule has 1 aromatic heterocycles. The van der Waals surface area contributed by atoms with Gasteiger partial charge >= 0.3 is 5.97 Å². The maximum absolute atomic E-state index is 10.6. The Morgan fingerprint density at radius 1 is 1.69 bits per heavy atom. The molecule has 6 nitrogen and oxygen atoms in total. The highest BCUT2D eigenvalue weighted by Gasteiger charge is 2.22. The average Bonchev–Trinajstić information content (AvgIpc) is 2.70. The molecule has 16 heavy (non-hydrogen) atoms. The van der Waals surface area contributed by atoms with Crippen molar-refractivity contribution in [1.82, 2.24) is 15.0 Å². The number of carbonyl (C=O) groups is 1. The topological polar surface area (TPSA) is 79.5 Å². The first-order valence-corrected chi connectivity index (χ1v) is 5.43. The normalized spacial score (nSPS) is 22.1. The van der Waals surface area contributed by atoms with Gasteiger partial charge in [0.15, 0.2) is 6.33 Å². The Hall–Kier alpha value is -1.43. The molecule has 6 heteroatoms. The van der Waals surface area contributed by atoms with Gasteiger partial charge in [-0.15, -0.1) is 0 Å².